The number of nitrogens with two attached hydrogens (primary N) is 1. The van der Waals surface area contributed by atoms with Crippen molar-refractivity contribution >= 4 is 31.6 Å². The number of rotatable bonds is 1. The maximum Gasteiger partial charge on any atom is 0.256 e. The van der Waals surface area contributed by atoms with Crippen molar-refractivity contribution in [2.75, 3.05) is 0 Å². The van der Waals surface area contributed by atoms with Gasteiger partial charge in [0.2, 0.25) is 0 Å². The largest absolute Gasteiger partial charge is 0.256 e. The molecule has 2 aromatic rings. The fourth-order valence-electron chi connectivity index (χ4n) is 1.18. The minimum atomic E-state index is -3.76. The molecule has 0 radical (unpaired) electrons. The number of sulfonamides is 1. The molecule has 0 aliphatic heterocycles. The molecule has 0 saturated heterocycles. The highest BCUT2D eigenvalue weighted by molar-refractivity contribution is 7.89. The summed E-state index contributed by atoms with van der Waals surface area (Å²) in [6, 6.07) is 1.72. The van der Waals surface area contributed by atoms with Crippen molar-refractivity contribution in [3.05, 3.63) is 17.3 Å². The second kappa shape index (κ2) is 2.97. The van der Waals surface area contributed by atoms with E-state index in [1.807, 2.05) is 6.92 Å². The van der Waals surface area contributed by atoms with Crippen molar-refractivity contribution in [3.63, 3.8) is 0 Å². The van der Waals surface area contributed by atoms with Crippen LogP contribution >= 0.6 is 11.3 Å². The van der Waals surface area contributed by atoms with Crippen molar-refractivity contribution in [2.45, 2.75) is 11.9 Å². The Morgan fingerprint density at radius 1 is 1.43 bits per heavy atom. The summed E-state index contributed by atoms with van der Waals surface area (Å²) in [6.07, 6.45) is 1.21. The van der Waals surface area contributed by atoms with Gasteiger partial charge in [0, 0.05) is 4.88 Å². The fourth-order valence-corrected chi connectivity index (χ4v) is 2.75. The number of aryl methyl sites for hydroxylation is 1. The second-order valence-corrected chi connectivity index (χ2v) is 5.51. The standard InChI is InChI=1S/C7H7N3O2S2/c1-4-2-5-6(13-4)9-3-10-7(5)14(8,11)12/h2-3H,1H3,(H2,8,11,12). The van der Waals surface area contributed by atoms with Crippen molar-refractivity contribution in [1.29, 1.82) is 0 Å². The van der Waals surface area contributed by atoms with Crippen LogP contribution in [0.15, 0.2) is 17.4 Å². The van der Waals surface area contributed by atoms with Gasteiger partial charge in [-0.15, -0.1) is 11.3 Å². The van der Waals surface area contributed by atoms with Gasteiger partial charge in [0.15, 0.2) is 5.03 Å². The lowest BCUT2D eigenvalue weighted by atomic mass is 10.4. The predicted molar refractivity (Wildman–Crippen MR) is 53.5 cm³/mol. The Morgan fingerprint density at radius 3 is 2.79 bits per heavy atom. The zero-order valence-corrected chi connectivity index (χ0v) is 8.89. The zero-order valence-electron chi connectivity index (χ0n) is 7.26. The molecule has 0 spiro atoms. The molecule has 0 fully saturated rings. The van der Waals surface area contributed by atoms with Crippen molar-refractivity contribution in [1.82, 2.24) is 9.97 Å². The Bertz CT molecular complexity index is 588. The van der Waals surface area contributed by atoms with Crippen LogP contribution in [0.2, 0.25) is 0 Å². The van der Waals surface area contributed by atoms with Gasteiger partial charge < -0.3 is 0 Å². The van der Waals surface area contributed by atoms with E-state index >= 15 is 0 Å². The van der Waals surface area contributed by atoms with Gasteiger partial charge in [-0.25, -0.2) is 23.5 Å². The fraction of sp³-hybridized carbons (Fsp3) is 0.143. The first-order valence-corrected chi connectivity index (χ1v) is 6.09. The highest BCUT2D eigenvalue weighted by Gasteiger charge is 2.15. The van der Waals surface area contributed by atoms with Crippen LogP contribution < -0.4 is 5.14 Å². The normalized spacial score (nSPS) is 12.1. The molecule has 74 valence electrons. The summed E-state index contributed by atoms with van der Waals surface area (Å²) >= 11 is 1.41. The zero-order chi connectivity index (χ0) is 10.3. The third kappa shape index (κ3) is 1.49. The lowest BCUT2D eigenvalue weighted by Crippen LogP contribution is -2.14. The van der Waals surface area contributed by atoms with E-state index in [4.69, 9.17) is 5.14 Å². The predicted octanol–water partition coefficient (Wildman–Crippen LogP) is 0.647. The molecule has 2 N–H and O–H groups in total. The first-order valence-electron chi connectivity index (χ1n) is 3.72. The highest BCUT2D eigenvalue weighted by atomic mass is 32.2. The maximum absolute atomic E-state index is 11.1. The van der Waals surface area contributed by atoms with Crippen molar-refractivity contribution < 1.29 is 8.42 Å². The van der Waals surface area contributed by atoms with E-state index in [-0.39, 0.29) is 5.03 Å². The molecule has 0 amide bonds. The number of nitrogens with zero attached hydrogens (tertiary/aromatic N) is 2. The molecule has 0 bridgehead atoms. The van der Waals surface area contributed by atoms with Crippen LogP contribution in [0.1, 0.15) is 4.88 Å². The molecular formula is C7H7N3O2S2. The average Bonchev–Trinajstić information content (AvgIpc) is 2.41. The Hall–Kier alpha value is -1.05. The summed E-state index contributed by atoms with van der Waals surface area (Å²) in [4.78, 5) is 9.26. The number of hydrogen-bond donors (Lipinski definition) is 1. The minimum absolute atomic E-state index is 0.105. The van der Waals surface area contributed by atoms with Gasteiger partial charge in [0.1, 0.15) is 11.2 Å². The molecule has 0 aliphatic carbocycles. The van der Waals surface area contributed by atoms with Crippen molar-refractivity contribution in [2.24, 2.45) is 5.14 Å². The van der Waals surface area contributed by atoms with E-state index in [2.05, 4.69) is 9.97 Å². The first kappa shape index (κ1) is 9.50. The molecule has 5 nitrogen and oxygen atoms in total. The van der Waals surface area contributed by atoms with E-state index in [1.165, 1.54) is 17.7 Å². The van der Waals surface area contributed by atoms with Crippen LogP contribution in [0.25, 0.3) is 10.2 Å². The lowest BCUT2D eigenvalue weighted by Gasteiger charge is -1.96. The maximum atomic E-state index is 11.1. The van der Waals surface area contributed by atoms with Gasteiger partial charge in [-0.3, -0.25) is 0 Å². The number of hydrogen-bond acceptors (Lipinski definition) is 5. The lowest BCUT2D eigenvalue weighted by molar-refractivity contribution is 0.595. The minimum Gasteiger partial charge on any atom is -0.225 e. The number of thiophene rings is 1. The smallest absolute Gasteiger partial charge is 0.225 e. The molecule has 0 saturated carbocycles. The first-order chi connectivity index (χ1) is 6.48. The van der Waals surface area contributed by atoms with Crippen LogP contribution in [-0.4, -0.2) is 18.4 Å². The molecule has 2 heterocycles. The summed E-state index contributed by atoms with van der Waals surface area (Å²) < 4.78 is 22.3. The van der Waals surface area contributed by atoms with Crippen LogP contribution in [0.4, 0.5) is 0 Å². The summed E-state index contributed by atoms with van der Waals surface area (Å²) in [5.41, 5.74) is 0. The topological polar surface area (TPSA) is 85.9 Å². The van der Waals surface area contributed by atoms with E-state index in [0.717, 1.165) is 4.88 Å². The molecule has 0 unspecified atom stereocenters. The molecular weight excluding hydrogens is 222 g/mol. The monoisotopic (exact) mass is 229 g/mol. The molecule has 0 aliphatic rings. The van der Waals surface area contributed by atoms with E-state index in [9.17, 15) is 8.42 Å². The quantitative estimate of drug-likeness (QED) is 0.727. The van der Waals surface area contributed by atoms with Gasteiger partial charge >= 0.3 is 0 Å². The van der Waals surface area contributed by atoms with Crippen LogP contribution in [0, 0.1) is 6.92 Å². The molecule has 7 heteroatoms. The van der Waals surface area contributed by atoms with Crippen LogP contribution in [-0.2, 0) is 10.0 Å². The van der Waals surface area contributed by atoms with E-state index in [1.54, 1.807) is 6.07 Å². The Kier molecular flexibility index (Phi) is 2.02. The summed E-state index contributed by atoms with van der Waals surface area (Å²) in [5, 5.41) is 5.41. The summed E-state index contributed by atoms with van der Waals surface area (Å²) in [5.74, 6) is 0. The van der Waals surface area contributed by atoms with E-state index < -0.39 is 10.0 Å². The second-order valence-electron chi connectivity index (χ2n) is 2.80. The van der Waals surface area contributed by atoms with Gasteiger partial charge in [-0.2, -0.15) is 0 Å². The number of fused-ring (bicyclic) bond motifs is 1. The van der Waals surface area contributed by atoms with Crippen LogP contribution in [0.3, 0.4) is 0 Å². The molecule has 14 heavy (non-hydrogen) atoms. The van der Waals surface area contributed by atoms with Gasteiger partial charge in [0.25, 0.3) is 10.0 Å². The Morgan fingerprint density at radius 2 is 2.14 bits per heavy atom. The van der Waals surface area contributed by atoms with Gasteiger partial charge in [0.05, 0.1) is 5.39 Å². The molecule has 0 atom stereocenters. The Balaban J connectivity index is 2.90. The molecule has 2 aromatic heterocycles. The van der Waals surface area contributed by atoms with Crippen LogP contribution in [0.5, 0.6) is 0 Å². The van der Waals surface area contributed by atoms with Gasteiger partial charge in [-0.1, -0.05) is 0 Å². The SMILES string of the molecule is Cc1cc2c(S(N)(=O)=O)ncnc2s1. The highest BCUT2D eigenvalue weighted by Crippen LogP contribution is 2.26. The molecule has 2 rings (SSSR count). The third-order valence-corrected chi connectivity index (χ3v) is 3.51. The summed E-state index contributed by atoms with van der Waals surface area (Å²) in [6.45, 7) is 1.87. The van der Waals surface area contributed by atoms with Gasteiger partial charge in [-0.05, 0) is 13.0 Å². The number of primary sulfonamides is 1. The van der Waals surface area contributed by atoms with E-state index in [0.29, 0.717) is 10.2 Å². The average molecular weight is 229 g/mol. The Labute approximate surface area is 84.7 Å². The molecule has 0 aromatic carbocycles. The third-order valence-electron chi connectivity index (χ3n) is 1.69. The van der Waals surface area contributed by atoms with Crippen molar-refractivity contribution in [3.8, 4) is 0 Å². The summed E-state index contributed by atoms with van der Waals surface area (Å²) in [7, 11) is -3.76. The number of aromatic nitrogens is 2.